The molecule has 5 nitrogen and oxygen atoms in total. The Bertz CT molecular complexity index is 510. The third-order valence-electron chi connectivity index (χ3n) is 3.41. The van der Waals surface area contributed by atoms with Crippen LogP contribution in [0.4, 0.5) is 0 Å². The molecule has 1 aromatic carbocycles. The summed E-state index contributed by atoms with van der Waals surface area (Å²) in [6.45, 7) is 8.93. The zero-order valence-corrected chi connectivity index (χ0v) is 15.1. The minimum absolute atomic E-state index is 0. The van der Waals surface area contributed by atoms with Crippen molar-refractivity contribution in [3.8, 4) is 0 Å². The molecule has 0 radical (unpaired) electrons. The van der Waals surface area contributed by atoms with Gasteiger partial charge in [-0.2, -0.15) is 0 Å². The maximum absolute atomic E-state index is 12.0. The smallest absolute Gasteiger partial charge is 0.251 e. The van der Waals surface area contributed by atoms with Crippen molar-refractivity contribution in [2.24, 2.45) is 5.73 Å². The highest BCUT2D eigenvalue weighted by Crippen LogP contribution is 2.22. The lowest BCUT2D eigenvalue weighted by atomic mass is 9.87. The molecule has 1 aromatic rings. The summed E-state index contributed by atoms with van der Waals surface area (Å²) < 4.78 is 0. The molecule has 0 unspecified atom stereocenters. The molecule has 0 saturated carbocycles. The Labute approximate surface area is 144 Å². The number of nitrogens with two attached hydrogens (primary N) is 1. The fraction of sp³-hybridized carbons (Fsp3) is 0.529. The molecule has 130 valence electrons. The van der Waals surface area contributed by atoms with Crippen molar-refractivity contribution in [3.05, 3.63) is 35.4 Å². The van der Waals surface area contributed by atoms with Gasteiger partial charge >= 0.3 is 0 Å². The molecule has 0 bridgehead atoms. The molecule has 1 atom stereocenters. The van der Waals surface area contributed by atoms with E-state index in [1.165, 1.54) is 5.56 Å². The quantitative estimate of drug-likeness (QED) is 0.739. The molecule has 2 amide bonds. The van der Waals surface area contributed by atoms with E-state index in [1.807, 2.05) is 31.2 Å². The van der Waals surface area contributed by atoms with E-state index >= 15 is 0 Å². The van der Waals surface area contributed by atoms with Crippen LogP contribution in [-0.2, 0) is 10.2 Å². The molecule has 4 N–H and O–H groups in total. The normalized spacial score (nSPS) is 12.0. The first kappa shape index (κ1) is 21.4. The van der Waals surface area contributed by atoms with Gasteiger partial charge in [-0.3, -0.25) is 9.59 Å². The summed E-state index contributed by atoms with van der Waals surface area (Å²) in [6.07, 6.45) is 0.246. The van der Waals surface area contributed by atoms with Gasteiger partial charge < -0.3 is 16.4 Å². The summed E-state index contributed by atoms with van der Waals surface area (Å²) >= 11 is 0. The molecule has 0 saturated heterocycles. The van der Waals surface area contributed by atoms with E-state index in [2.05, 4.69) is 31.4 Å². The van der Waals surface area contributed by atoms with Crippen LogP contribution in [0.3, 0.4) is 0 Å². The molecule has 0 heterocycles. The second-order valence-electron chi connectivity index (χ2n) is 6.54. The Balaban J connectivity index is 0.00000484. The lowest BCUT2D eigenvalue weighted by Crippen LogP contribution is -2.39. The number of nitrogens with one attached hydrogen (secondary N) is 2. The van der Waals surface area contributed by atoms with E-state index in [1.54, 1.807) is 0 Å². The Morgan fingerprint density at radius 1 is 1.17 bits per heavy atom. The fourth-order valence-corrected chi connectivity index (χ4v) is 1.92. The molecular weight excluding hydrogens is 314 g/mol. The number of hydrogen-bond acceptors (Lipinski definition) is 3. The summed E-state index contributed by atoms with van der Waals surface area (Å²) in [4.78, 5) is 23.6. The summed E-state index contributed by atoms with van der Waals surface area (Å²) in [7, 11) is 0. The molecular formula is C17H28ClN3O2. The summed E-state index contributed by atoms with van der Waals surface area (Å²) in [5, 5.41) is 5.50. The lowest BCUT2D eigenvalue weighted by Gasteiger charge is -2.19. The average Bonchev–Trinajstić information content (AvgIpc) is 2.46. The van der Waals surface area contributed by atoms with Gasteiger partial charge in [-0.15, -0.1) is 12.4 Å². The Morgan fingerprint density at radius 3 is 2.22 bits per heavy atom. The molecule has 0 fully saturated rings. The highest BCUT2D eigenvalue weighted by atomic mass is 35.5. The second-order valence-corrected chi connectivity index (χ2v) is 6.54. The van der Waals surface area contributed by atoms with Gasteiger partial charge in [0.25, 0.3) is 5.91 Å². The highest BCUT2D eigenvalue weighted by Gasteiger charge is 2.14. The Kier molecular flexibility index (Phi) is 8.87. The maximum atomic E-state index is 12.0. The van der Waals surface area contributed by atoms with Gasteiger partial charge in [0, 0.05) is 31.1 Å². The predicted octanol–water partition coefficient (Wildman–Crippen LogP) is 1.99. The lowest BCUT2D eigenvalue weighted by molar-refractivity contribution is -0.121. The summed E-state index contributed by atoms with van der Waals surface area (Å²) in [5.41, 5.74) is 7.27. The van der Waals surface area contributed by atoms with Crippen LogP contribution in [0.15, 0.2) is 24.3 Å². The molecule has 0 spiro atoms. The first-order valence-corrected chi connectivity index (χ1v) is 7.62. The van der Waals surface area contributed by atoms with E-state index in [9.17, 15) is 9.59 Å². The molecule has 23 heavy (non-hydrogen) atoms. The van der Waals surface area contributed by atoms with Crippen molar-refractivity contribution in [1.29, 1.82) is 0 Å². The number of amides is 2. The van der Waals surface area contributed by atoms with E-state index in [0.717, 1.165) is 0 Å². The van der Waals surface area contributed by atoms with Gasteiger partial charge in [0.15, 0.2) is 0 Å². The molecule has 6 heteroatoms. The minimum Gasteiger partial charge on any atom is -0.352 e. The number of halogens is 1. The number of hydrogen-bond donors (Lipinski definition) is 3. The van der Waals surface area contributed by atoms with Gasteiger partial charge in [0.1, 0.15) is 0 Å². The van der Waals surface area contributed by atoms with Crippen LogP contribution in [0.5, 0.6) is 0 Å². The Morgan fingerprint density at radius 2 is 1.74 bits per heavy atom. The fourth-order valence-electron chi connectivity index (χ4n) is 1.92. The molecule has 0 aliphatic carbocycles. The van der Waals surface area contributed by atoms with Crippen LogP contribution in [0.25, 0.3) is 0 Å². The number of rotatable bonds is 6. The van der Waals surface area contributed by atoms with Gasteiger partial charge in [-0.1, -0.05) is 32.9 Å². The van der Waals surface area contributed by atoms with Crippen molar-refractivity contribution in [2.75, 3.05) is 13.1 Å². The first-order valence-electron chi connectivity index (χ1n) is 7.62. The van der Waals surface area contributed by atoms with Gasteiger partial charge in [0.2, 0.25) is 5.91 Å². The molecule has 1 rings (SSSR count). The van der Waals surface area contributed by atoms with Crippen LogP contribution < -0.4 is 16.4 Å². The Hall–Kier alpha value is -1.59. The second kappa shape index (κ2) is 9.53. The van der Waals surface area contributed by atoms with Crippen LogP contribution in [0, 0.1) is 0 Å². The number of carbonyl (C=O) groups is 2. The molecule has 0 aliphatic heterocycles. The van der Waals surface area contributed by atoms with Crippen LogP contribution in [-0.4, -0.2) is 30.9 Å². The van der Waals surface area contributed by atoms with Crippen molar-refractivity contribution in [2.45, 2.75) is 45.6 Å². The van der Waals surface area contributed by atoms with Crippen LogP contribution >= 0.6 is 12.4 Å². The highest BCUT2D eigenvalue weighted by molar-refractivity contribution is 5.94. The standard InChI is InChI=1S/C17H27N3O2.ClH/c1-12(11-18)20-15(21)9-10-19-16(22)13-5-7-14(8-6-13)17(2,3)4;/h5-8,12H,9-11,18H2,1-4H3,(H,19,22)(H,20,21);1H/t12-;/m0./s1. The van der Waals surface area contributed by atoms with Gasteiger partial charge in [0.05, 0.1) is 0 Å². The van der Waals surface area contributed by atoms with E-state index < -0.39 is 0 Å². The van der Waals surface area contributed by atoms with E-state index in [4.69, 9.17) is 5.73 Å². The van der Waals surface area contributed by atoms with Crippen molar-refractivity contribution in [3.63, 3.8) is 0 Å². The first-order chi connectivity index (χ1) is 10.2. The topological polar surface area (TPSA) is 84.2 Å². The van der Waals surface area contributed by atoms with E-state index in [-0.39, 0.29) is 42.1 Å². The monoisotopic (exact) mass is 341 g/mol. The van der Waals surface area contributed by atoms with Gasteiger partial charge in [-0.05, 0) is 30.0 Å². The predicted molar refractivity (Wildman–Crippen MR) is 96.0 cm³/mol. The number of carbonyl (C=O) groups excluding carboxylic acids is 2. The average molecular weight is 342 g/mol. The van der Waals surface area contributed by atoms with Gasteiger partial charge in [-0.25, -0.2) is 0 Å². The van der Waals surface area contributed by atoms with Crippen molar-refractivity contribution >= 4 is 24.2 Å². The maximum Gasteiger partial charge on any atom is 0.251 e. The third kappa shape index (κ3) is 7.48. The number of benzene rings is 1. The molecule has 0 aromatic heterocycles. The van der Waals surface area contributed by atoms with Crippen LogP contribution in [0.1, 0.15) is 50.0 Å². The van der Waals surface area contributed by atoms with Crippen LogP contribution in [0.2, 0.25) is 0 Å². The third-order valence-corrected chi connectivity index (χ3v) is 3.41. The molecule has 0 aliphatic rings. The van der Waals surface area contributed by atoms with Crippen molar-refractivity contribution in [1.82, 2.24) is 10.6 Å². The zero-order chi connectivity index (χ0) is 16.8. The van der Waals surface area contributed by atoms with Crippen molar-refractivity contribution < 1.29 is 9.59 Å². The summed E-state index contributed by atoms with van der Waals surface area (Å²) in [5.74, 6) is -0.276. The summed E-state index contributed by atoms with van der Waals surface area (Å²) in [6, 6.07) is 7.50. The minimum atomic E-state index is -0.167. The SMILES string of the molecule is C[C@@H](CN)NC(=O)CCNC(=O)c1ccc(C(C)(C)C)cc1.Cl. The zero-order valence-electron chi connectivity index (χ0n) is 14.3. The largest absolute Gasteiger partial charge is 0.352 e. The van der Waals surface area contributed by atoms with E-state index in [0.29, 0.717) is 18.7 Å².